The van der Waals surface area contributed by atoms with Gasteiger partial charge in [0, 0.05) is 21.1 Å². The van der Waals surface area contributed by atoms with Gasteiger partial charge in [0.1, 0.15) is 89.5 Å². The highest BCUT2D eigenvalue weighted by Crippen LogP contribution is 2.52. The van der Waals surface area contributed by atoms with Crippen molar-refractivity contribution in [2.45, 2.75) is 139 Å². The predicted molar refractivity (Wildman–Crippen MR) is 417 cm³/mol. The second-order valence-electron chi connectivity index (χ2n) is 26.2. The number of aromatic nitrogens is 12. The van der Waals surface area contributed by atoms with Gasteiger partial charge in [0.2, 0.25) is 17.0 Å². The largest absolute Gasteiger partial charge is 0.468 e. The number of alkyl halides is 3. The molecule has 39 nitrogen and oxygen atoms in total. The zero-order valence-corrected chi connectivity index (χ0v) is 68.1. The number of hydrogen-bond donors (Lipinski definition) is 9. The van der Waals surface area contributed by atoms with Crippen LogP contribution in [-0.2, 0) is 70.1 Å². The average Bonchev–Trinajstić information content (AvgIpc) is 1.60. The van der Waals surface area contributed by atoms with Gasteiger partial charge >= 0.3 is 41.1 Å². The zero-order valence-electron chi connectivity index (χ0n) is 65.4. The molecule has 0 radical (unpaired) electrons. The standard InChI is InChI=1S/C25H30FN6O7P.2C24H28FN6O7P/c1-6-25(26)20(33)18(38-24(25)32-14-28-19-21(27-5)29-16(4)30-22(19)32)13-37-40(35,31-15(3)23(34)36-7-2)39-17-11-9-8-10-12-17;2*1-6-24(25)19(32)17(37-23(24)31-13-27-18-20(26-4)28-15(3)29-21(18)31)12-36-39(34,30-14(2)22(33)35-5)38-16-10-8-7-9-11-16/h1,8-12,14-15,18,20,24,33H,7,13H2,2-5H3,(H,31,35)(H,27,29,30);2*1,7-11,13-14,17,19,23,32H,12H2,2-5H3,(H,30,34)(H,26,28,29)/t15-,18+,20+,24+,25+,40?;14-,17+,19+,23+,24+,39-;14-,17-,19-,23-,24-,39+/m001/s1. The molecule has 0 aliphatic carbocycles. The Morgan fingerprint density at radius 2 is 0.746 bits per heavy atom. The molecule has 12 rings (SSSR count). The Labute approximate surface area is 673 Å². The summed E-state index contributed by atoms with van der Waals surface area (Å²) in [5.41, 5.74) is -6.56. The van der Waals surface area contributed by atoms with Gasteiger partial charge in [-0.3, -0.25) is 41.7 Å². The molecule has 9 N–H and O–H groups in total. The summed E-state index contributed by atoms with van der Waals surface area (Å²) in [5, 5.41) is 48.8. The number of ether oxygens (including phenoxy) is 6. The zero-order chi connectivity index (χ0) is 85.8. The van der Waals surface area contributed by atoms with Crippen LogP contribution in [0.5, 0.6) is 17.2 Å². The summed E-state index contributed by atoms with van der Waals surface area (Å²) < 4.78 is 158. The number of fused-ring (bicyclic) bond motifs is 3. The Bertz CT molecular complexity index is 5130. The number of carbonyl (C=O) groups excluding carboxylic acids is 3. The number of imidazole rings is 3. The number of hydrogen-bond acceptors (Lipinski definition) is 33. The summed E-state index contributed by atoms with van der Waals surface area (Å²) in [5.74, 6) is 6.64. The summed E-state index contributed by atoms with van der Waals surface area (Å²) in [6, 6.07) is 20.9. The molecule has 118 heavy (non-hydrogen) atoms. The van der Waals surface area contributed by atoms with Crippen molar-refractivity contribution in [3.63, 3.8) is 0 Å². The average molecular weight is 1700 g/mol. The van der Waals surface area contributed by atoms with E-state index in [0.29, 0.717) is 51.5 Å². The van der Waals surface area contributed by atoms with E-state index >= 15 is 13.2 Å². The van der Waals surface area contributed by atoms with Gasteiger partial charge < -0.3 is 73.3 Å². The van der Waals surface area contributed by atoms with Gasteiger partial charge in [-0.15, -0.1) is 19.3 Å². The van der Waals surface area contributed by atoms with Crippen LogP contribution < -0.4 is 44.8 Å². The SMILES string of the molecule is C#C[C@@]1(F)[C@H](O)[C@@H](COP(=O)(N[C@@H](C)C(=O)OCC)Oc2ccccc2)O[C@H]1n1cnc2c(NC)nc(C)nc21.C#C[C@@]1(F)[C@H](O)[C@@H](CO[P@@](=O)(N[C@@H](C)C(=O)OC)Oc2ccccc2)O[C@H]1n1cnc2c(NC)nc(C)nc21.C#C[C@@]1(F)[C@H](O)[C@@H](CO[P@@](=O)(N[C@H](C)C(=O)OC)Oc2ccccc2)O[C@H]1n1cnc2c(NC)nc(C)nc21. The first-order chi connectivity index (χ1) is 56.1. The molecule has 1 unspecified atom stereocenters. The van der Waals surface area contributed by atoms with Gasteiger partial charge in [-0.05, 0) is 84.9 Å². The van der Waals surface area contributed by atoms with Crippen LogP contribution in [0.3, 0.4) is 0 Å². The fraction of sp³-hybridized carbons (Fsp3) is 0.425. The van der Waals surface area contributed by atoms with E-state index < -0.39 is 151 Å². The van der Waals surface area contributed by atoms with E-state index in [1.807, 2.05) is 17.8 Å². The molecule has 3 aliphatic heterocycles. The van der Waals surface area contributed by atoms with Crippen molar-refractivity contribution in [1.29, 1.82) is 0 Å². The number of nitrogens with zero attached hydrogens (tertiary/aromatic N) is 12. The van der Waals surface area contributed by atoms with Crippen molar-refractivity contribution < 1.29 is 112 Å². The van der Waals surface area contributed by atoms with Crippen LogP contribution in [0, 0.1) is 57.8 Å². The second kappa shape index (κ2) is 37.9. The smallest absolute Gasteiger partial charge is 0.459 e. The molecular formula is C73H86F3N18O21P3. The minimum Gasteiger partial charge on any atom is -0.468 e. The van der Waals surface area contributed by atoms with Gasteiger partial charge in [0.25, 0.3) is 0 Å². The maximum atomic E-state index is 16.1. The van der Waals surface area contributed by atoms with E-state index in [1.54, 1.807) is 103 Å². The Kier molecular flexibility index (Phi) is 28.7. The molecule has 45 heteroatoms. The van der Waals surface area contributed by atoms with E-state index in [0.717, 1.165) is 0 Å². The highest BCUT2D eigenvalue weighted by atomic mass is 31.2. The normalized spacial score (nSPS) is 24.9. The number of terminal acetylenes is 3. The summed E-state index contributed by atoms with van der Waals surface area (Å²) in [6.07, 6.45) is 5.79. The van der Waals surface area contributed by atoms with Crippen LogP contribution in [0.25, 0.3) is 33.5 Å². The number of aliphatic hydroxyl groups excluding tert-OH is 3. The number of nitrogens with one attached hydrogen (secondary N) is 6. The van der Waals surface area contributed by atoms with Crippen molar-refractivity contribution in [3.05, 3.63) is 127 Å². The molecule has 3 fully saturated rings. The monoisotopic (exact) mass is 1700 g/mol. The third kappa shape index (κ3) is 19.5. The van der Waals surface area contributed by atoms with E-state index in [9.17, 15) is 43.4 Å². The van der Waals surface area contributed by atoms with E-state index in [2.05, 4.69) is 85.5 Å². The molecule has 3 saturated heterocycles. The first-order valence-electron chi connectivity index (χ1n) is 36.0. The van der Waals surface area contributed by atoms with Crippen molar-refractivity contribution in [2.24, 2.45) is 0 Å². The number of halogens is 3. The highest BCUT2D eigenvalue weighted by molar-refractivity contribution is 7.52. The van der Waals surface area contributed by atoms with E-state index in [4.69, 9.17) is 65.4 Å². The van der Waals surface area contributed by atoms with Crippen molar-refractivity contribution in [1.82, 2.24) is 73.8 Å². The number of para-hydroxylation sites is 3. The summed E-state index contributed by atoms with van der Waals surface area (Å²) in [6.45, 7) is 9.00. The lowest BCUT2D eigenvalue weighted by molar-refractivity contribution is -0.145. The number of anilines is 3. The number of esters is 3. The van der Waals surface area contributed by atoms with Crippen molar-refractivity contribution in [2.75, 3.05) is 77.7 Å². The number of aryl methyl sites for hydroxylation is 3. The van der Waals surface area contributed by atoms with Crippen LogP contribution >= 0.6 is 23.2 Å². The Morgan fingerprint density at radius 1 is 0.483 bits per heavy atom. The topological polar surface area (TPSA) is 477 Å². The second-order valence-corrected chi connectivity index (χ2v) is 31.3. The van der Waals surface area contributed by atoms with Gasteiger partial charge in [0.05, 0.1) is 59.6 Å². The molecule has 6 aromatic heterocycles. The fourth-order valence-corrected chi connectivity index (χ4v) is 16.7. The van der Waals surface area contributed by atoms with Gasteiger partial charge in [-0.1, -0.05) is 72.4 Å². The molecule has 9 heterocycles. The van der Waals surface area contributed by atoms with Crippen molar-refractivity contribution >= 4 is 92.1 Å². The van der Waals surface area contributed by atoms with Gasteiger partial charge in [-0.2, -0.15) is 15.3 Å². The molecule has 0 saturated carbocycles. The Hall–Kier alpha value is -10.8. The molecule has 0 spiro atoms. The number of methoxy groups -OCH3 is 2. The van der Waals surface area contributed by atoms with Gasteiger partial charge in [0.15, 0.2) is 69.6 Å². The maximum Gasteiger partial charge on any atom is 0.459 e. The van der Waals surface area contributed by atoms with E-state index in [-0.39, 0.29) is 40.8 Å². The third-order valence-corrected chi connectivity index (χ3v) is 22.9. The first-order valence-corrected chi connectivity index (χ1v) is 40.6. The van der Waals surface area contributed by atoms with Crippen LogP contribution in [0.1, 0.15) is 63.9 Å². The lowest BCUT2D eigenvalue weighted by atomic mass is 9.97. The fourth-order valence-electron chi connectivity index (χ4n) is 12.2. The lowest BCUT2D eigenvalue weighted by Crippen LogP contribution is -2.42. The number of aliphatic hydroxyl groups is 3. The maximum absolute atomic E-state index is 16.1. The molecule has 9 aromatic rings. The molecule has 3 aliphatic rings. The molecule has 0 bridgehead atoms. The molecule has 18 atom stereocenters. The summed E-state index contributed by atoms with van der Waals surface area (Å²) in [4.78, 5) is 74.6. The number of rotatable bonds is 31. The number of carbonyl (C=O) groups is 3. The minimum atomic E-state index is -4.30. The number of benzene rings is 3. The molecule has 630 valence electrons. The van der Waals surface area contributed by atoms with Crippen molar-refractivity contribution in [3.8, 4) is 54.3 Å². The Balaban J connectivity index is 0.000000186. The third-order valence-electron chi connectivity index (χ3n) is 18.0. The highest BCUT2D eigenvalue weighted by Gasteiger charge is 2.61. The lowest BCUT2D eigenvalue weighted by Gasteiger charge is -2.25. The first kappa shape index (κ1) is 89.5. The molecular weight excluding hydrogens is 1610 g/mol. The van der Waals surface area contributed by atoms with Crippen LogP contribution in [-0.4, -0.2) is 225 Å². The molecule has 0 amide bonds. The quantitative estimate of drug-likeness (QED) is 0.00935. The van der Waals surface area contributed by atoms with Crippen LogP contribution in [0.4, 0.5) is 30.6 Å². The predicted octanol–water partition coefficient (Wildman–Crippen LogP) is 6.78. The van der Waals surface area contributed by atoms with Crippen LogP contribution in [0.2, 0.25) is 0 Å². The van der Waals surface area contributed by atoms with E-state index in [1.165, 1.54) is 104 Å². The Morgan fingerprint density at radius 3 is 0.983 bits per heavy atom. The minimum absolute atomic E-state index is 0.104. The summed E-state index contributed by atoms with van der Waals surface area (Å²) in [7, 11) is -5.61. The molecule has 3 aromatic carbocycles. The summed E-state index contributed by atoms with van der Waals surface area (Å²) >= 11 is 0. The van der Waals surface area contributed by atoms with Gasteiger partial charge in [-0.25, -0.2) is 71.7 Å². The van der Waals surface area contributed by atoms with Crippen LogP contribution in [0.15, 0.2) is 110 Å².